The molecule has 14 heavy (non-hydrogen) atoms. The van der Waals surface area contributed by atoms with Crippen LogP contribution in [0.5, 0.6) is 0 Å². The Hall–Kier alpha value is 0.0300. The third-order valence-corrected chi connectivity index (χ3v) is 3.64. The minimum Gasteiger partial charge on any atom is -1.00 e. The standard InChI is InChI=1S/C8H9NO3S.Na.H/c1-4-5(8(11)12)3-9-6(10)2-7(9)13-4;;/h3-4,7H,2H2,1H3,(H,11,12);;/q;+1;-1/t4?,7-;;/m1../s1. The molecule has 1 N–H and O–H groups in total. The molecule has 1 amide bonds. The molecule has 4 nitrogen and oxygen atoms in total. The van der Waals surface area contributed by atoms with Crippen LogP contribution in [0.3, 0.4) is 0 Å². The van der Waals surface area contributed by atoms with Crippen LogP contribution in [0.1, 0.15) is 14.8 Å². The van der Waals surface area contributed by atoms with Gasteiger partial charge in [0.1, 0.15) is 0 Å². The topological polar surface area (TPSA) is 57.6 Å². The summed E-state index contributed by atoms with van der Waals surface area (Å²) in [5.74, 6) is -0.915. The van der Waals surface area contributed by atoms with E-state index in [9.17, 15) is 9.59 Å². The quantitative estimate of drug-likeness (QED) is 0.403. The second-order valence-electron chi connectivity index (χ2n) is 3.13. The molecule has 0 bridgehead atoms. The molecular formula is C8H10NNaO3S. The molecule has 72 valence electrons. The maximum absolute atomic E-state index is 11.0. The van der Waals surface area contributed by atoms with Crippen LogP contribution in [0.25, 0.3) is 0 Å². The predicted molar refractivity (Wildman–Crippen MR) is 49.1 cm³/mol. The van der Waals surface area contributed by atoms with Crippen molar-refractivity contribution in [2.75, 3.05) is 0 Å². The molecule has 2 aliphatic heterocycles. The normalized spacial score (nSPS) is 29.6. The van der Waals surface area contributed by atoms with Crippen molar-refractivity contribution in [1.82, 2.24) is 4.90 Å². The number of amides is 1. The monoisotopic (exact) mass is 223 g/mol. The third kappa shape index (κ3) is 1.86. The molecule has 2 atom stereocenters. The summed E-state index contributed by atoms with van der Waals surface area (Å²) >= 11 is 1.53. The summed E-state index contributed by atoms with van der Waals surface area (Å²) in [6.07, 6.45) is 2.01. The molecule has 2 heterocycles. The molecule has 1 fully saturated rings. The summed E-state index contributed by atoms with van der Waals surface area (Å²) in [5.41, 5.74) is 0.314. The minimum atomic E-state index is -0.932. The Morgan fingerprint density at radius 2 is 2.43 bits per heavy atom. The van der Waals surface area contributed by atoms with Crippen LogP contribution in [0.15, 0.2) is 11.8 Å². The Morgan fingerprint density at radius 3 is 2.93 bits per heavy atom. The second kappa shape index (κ2) is 4.26. The van der Waals surface area contributed by atoms with Gasteiger partial charge in [-0.2, -0.15) is 0 Å². The first-order chi connectivity index (χ1) is 6.09. The summed E-state index contributed by atoms with van der Waals surface area (Å²) < 4.78 is 0. The zero-order valence-electron chi connectivity index (χ0n) is 9.06. The smallest absolute Gasteiger partial charge is 1.00 e. The molecular weight excluding hydrogens is 213 g/mol. The molecule has 0 aliphatic carbocycles. The Bertz CT molecular complexity index is 323. The van der Waals surface area contributed by atoms with E-state index in [4.69, 9.17) is 5.11 Å². The number of thioether (sulfide) groups is 1. The molecule has 1 saturated heterocycles. The SMILES string of the molecule is CC1S[C@@H]2CC(=O)N2C=C1C(=O)O.[H-].[Na+]. The van der Waals surface area contributed by atoms with Gasteiger partial charge in [-0.05, 0) is 6.92 Å². The van der Waals surface area contributed by atoms with Crippen LogP contribution in [0, 0.1) is 0 Å². The number of aliphatic carboxylic acids is 1. The number of rotatable bonds is 1. The number of carboxylic acids is 1. The van der Waals surface area contributed by atoms with Crippen LogP contribution >= 0.6 is 11.8 Å². The average Bonchev–Trinajstić information content (AvgIpc) is 2.02. The van der Waals surface area contributed by atoms with Crippen molar-refractivity contribution in [3.63, 3.8) is 0 Å². The van der Waals surface area contributed by atoms with E-state index in [0.29, 0.717) is 12.0 Å². The van der Waals surface area contributed by atoms with Gasteiger partial charge in [0.15, 0.2) is 0 Å². The average molecular weight is 223 g/mol. The number of carbonyl (C=O) groups excluding carboxylic acids is 1. The summed E-state index contributed by atoms with van der Waals surface area (Å²) in [4.78, 5) is 23.3. The maximum atomic E-state index is 11.0. The fraction of sp³-hybridized carbons (Fsp3) is 0.500. The van der Waals surface area contributed by atoms with Gasteiger partial charge in [0, 0.05) is 11.4 Å². The minimum absolute atomic E-state index is 0. The van der Waals surface area contributed by atoms with Crippen molar-refractivity contribution in [3.05, 3.63) is 11.8 Å². The molecule has 1 unspecified atom stereocenters. The molecule has 2 rings (SSSR count). The molecule has 0 spiro atoms. The number of nitrogens with zero attached hydrogens (tertiary/aromatic N) is 1. The molecule has 2 aliphatic rings. The number of fused-ring (bicyclic) bond motifs is 1. The summed E-state index contributed by atoms with van der Waals surface area (Å²) in [6, 6.07) is 0. The second-order valence-corrected chi connectivity index (χ2v) is 4.65. The molecule has 0 aromatic heterocycles. The fourth-order valence-electron chi connectivity index (χ4n) is 1.46. The van der Waals surface area contributed by atoms with Gasteiger partial charge in [-0.3, -0.25) is 4.79 Å². The Labute approximate surface area is 109 Å². The number of hydrogen-bond acceptors (Lipinski definition) is 3. The first-order valence-electron chi connectivity index (χ1n) is 4.01. The molecule has 0 radical (unpaired) electrons. The molecule has 6 heteroatoms. The predicted octanol–water partition coefficient (Wildman–Crippen LogP) is -2.23. The Balaban J connectivity index is 0.000000980. The van der Waals surface area contributed by atoms with E-state index in [2.05, 4.69) is 0 Å². The van der Waals surface area contributed by atoms with Gasteiger partial charge in [-0.15, -0.1) is 11.8 Å². The van der Waals surface area contributed by atoms with Crippen LogP contribution in [-0.2, 0) is 9.59 Å². The maximum Gasteiger partial charge on any atom is 1.00 e. The van der Waals surface area contributed by atoms with E-state index in [1.54, 1.807) is 0 Å². The third-order valence-electron chi connectivity index (χ3n) is 2.27. The van der Waals surface area contributed by atoms with Crippen molar-refractivity contribution in [3.8, 4) is 0 Å². The summed E-state index contributed by atoms with van der Waals surface area (Å²) in [5, 5.41) is 8.95. The number of β-lactam (4-membered cyclic amide) rings is 1. The van der Waals surface area contributed by atoms with Crippen molar-refractivity contribution in [2.24, 2.45) is 0 Å². The van der Waals surface area contributed by atoms with Gasteiger partial charge in [0.05, 0.1) is 17.4 Å². The molecule has 0 saturated carbocycles. The van der Waals surface area contributed by atoms with Crippen molar-refractivity contribution < 1.29 is 45.7 Å². The van der Waals surface area contributed by atoms with E-state index < -0.39 is 5.97 Å². The van der Waals surface area contributed by atoms with E-state index >= 15 is 0 Å². The van der Waals surface area contributed by atoms with Crippen molar-refractivity contribution >= 4 is 23.6 Å². The van der Waals surface area contributed by atoms with Crippen molar-refractivity contribution in [2.45, 2.75) is 24.0 Å². The van der Waals surface area contributed by atoms with Gasteiger partial charge < -0.3 is 11.4 Å². The molecule has 0 aromatic rings. The zero-order valence-corrected chi connectivity index (χ0v) is 10.9. The number of carbonyl (C=O) groups is 2. The van der Waals surface area contributed by atoms with Gasteiger partial charge in [0.2, 0.25) is 5.91 Å². The number of carboxylic acid groups (broad SMARTS) is 1. The first-order valence-corrected chi connectivity index (χ1v) is 4.95. The van der Waals surface area contributed by atoms with Crippen molar-refractivity contribution in [1.29, 1.82) is 0 Å². The van der Waals surface area contributed by atoms with E-state index in [-0.39, 0.29) is 47.5 Å². The van der Waals surface area contributed by atoms with Crippen LogP contribution in [0.4, 0.5) is 0 Å². The first kappa shape index (κ1) is 12.1. The van der Waals surface area contributed by atoms with E-state index in [1.165, 1.54) is 22.9 Å². The zero-order chi connectivity index (χ0) is 9.59. The molecule has 0 aromatic carbocycles. The van der Waals surface area contributed by atoms with Gasteiger partial charge >= 0.3 is 35.5 Å². The van der Waals surface area contributed by atoms with Crippen LogP contribution < -0.4 is 29.6 Å². The van der Waals surface area contributed by atoms with E-state index in [0.717, 1.165) is 0 Å². The van der Waals surface area contributed by atoms with Crippen LogP contribution in [0.2, 0.25) is 0 Å². The number of hydrogen-bond donors (Lipinski definition) is 1. The van der Waals surface area contributed by atoms with Gasteiger partial charge in [-0.25, -0.2) is 4.79 Å². The summed E-state index contributed by atoms with van der Waals surface area (Å²) in [7, 11) is 0. The Kier molecular flexibility index (Phi) is 3.69. The fourth-order valence-corrected chi connectivity index (χ4v) is 2.79. The summed E-state index contributed by atoms with van der Waals surface area (Å²) in [6.45, 7) is 1.85. The van der Waals surface area contributed by atoms with Crippen LogP contribution in [-0.4, -0.2) is 32.5 Å². The largest absolute Gasteiger partial charge is 1.00 e. The van der Waals surface area contributed by atoms with Gasteiger partial charge in [0.25, 0.3) is 0 Å². The Morgan fingerprint density at radius 1 is 1.79 bits per heavy atom. The van der Waals surface area contributed by atoms with E-state index in [1.807, 2.05) is 6.92 Å². The van der Waals surface area contributed by atoms with Gasteiger partial charge in [-0.1, -0.05) is 0 Å².